The Bertz CT molecular complexity index is 683. The van der Waals surface area contributed by atoms with E-state index in [4.69, 9.17) is 0 Å². The van der Waals surface area contributed by atoms with Crippen LogP contribution in [-0.2, 0) is 4.79 Å². The summed E-state index contributed by atoms with van der Waals surface area (Å²) >= 11 is 1.26. The zero-order valence-electron chi connectivity index (χ0n) is 13.0. The van der Waals surface area contributed by atoms with Crippen molar-refractivity contribution in [1.82, 2.24) is 9.97 Å². The van der Waals surface area contributed by atoms with Gasteiger partial charge >= 0.3 is 0 Å². The molecule has 2 aromatic rings. The van der Waals surface area contributed by atoms with Gasteiger partial charge in [-0.15, -0.1) is 0 Å². The van der Waals surface area contributed by atoms with Crippen LogP contribution in [0.1, 0.15) is 23.9 Å². The summed E-state index contributed by atoms with van der Waals surface area (Å²) in [5.74, 6) is -0.735. The molecule has 2 rings (SSSR count). The van der Waals surface area contributed by atoms with E-state index in [0.717, 1.165) is 17.0 Å². The van der Waals surface area contributed by atoms with Crippen LogP contribution in [0.3, 0.4) is 0 Å². The Morgan fingerprint density at radius 3 is 2.36 bits per heavy atom. The molecule has 116 valence electrons. The van der Waals surface area contributed by atoms with Gasteiger partial charge in [0.05, 0.1) is 10.9 Å². The second kappa shape index (κ2) is 6.87. The van der Waals surface area contributed by atoms with E-state index in [9.17, 15) is 9.18 Å². The minimum absolute atomic E-state index is 0.178. The number of benzene rings is 1. The van der Waals surface area contributed by atoms with Gasteiger partial charge in [0.15, 0.2) is 5.16 Å². The fourth-order valence-corrected chi connectivity index (χ4v) is 2.66. The first-order chi connectivity index (χ1) is 10.4. The number of nitrogens with one attached hydrogen (secondary N) is 1. The smallest absolute Gasteiger partial charge is 0.237 e. The molecule has 0 bridgehead atoms. The summed E-state index contributed by atoms with van der Waals surface area (Å²) in [6.45, 7) is 7.54. The quantitative estimate of drug-likeness (QED) is 0.690. The molecule has 0 saturated heterocycles. The highest BCUT2D eigenvalue weighted by molar-refractivity contribution is 8.00. The minimum atomic E-state index is -0.452. The second-order valence-electron chi connectivity index (χ2n) is 5.03. The van der Waals surface area contributed by atoms with Crippen molar-refractivity contribution in [2.45, 2.75) is 38.1 Å². The minimum Gasteiger partial charge on any atom is -0.323 e. The van der Waals surface area contributed by atoms with Crippen molar-refractivity contribution in [2.24, 2.45) is 0 Å². The molecule has 6 heteroatoms. The summed E-state index contributed by atoms with van der Waals surface area (Å²) in [4.78, 5) is 20.9. The van der Waals surface area contributed by atoms with Gasteiger partial charge in [0.25, 0.3) is 0 Å². The van der Waals surface area contributed by atoms with Crippen molar-refractivity contribution in [1.29, 1.82) is 0 Å². The zero-order chi connectivity index (χ0) is 16.3. The van der Waals surface area contributed by atoms with Gasteiger partial charge in [0.2, 0.25) is 5.91 Å². The number of rotatable bonds is 4. The van der Waals surface area contributed by atoms with Gasteiger partial charge in [-0.3, -0.25) is 4.79 Å². The largest absolute Gasteiger partial charge is 0.323 e. The van der Waals surface area contributed by atoms with Crippen molar-refractivity contribution in [3.8, 4) is 0 Å². The molecule has 0 aliphatic carbocycles. The fraction of sp³-hybridized carbons (Fsp3) is 0.312. The molecular formula is C16H18FN3OS. The average molecular weight is 319 g/mol. The second-order valence-corrected chi connectivity index (χ2v) is 6.34. The molecule has 0 fully saturated rings. The molecule has 1 atom stereocenters. The number of aryl methyl sites for hydroxylation is 2. The lowest BCUT2D eigenvalue weighted by molar-refractivity contribution is -0.115. The number of amides is 1. The van der Waals surface area contributed by atoms with Crippen molar-refractivity contribution < 1.29 is 9.18 Å². The number of carbonyl (C=O) groups excluding carboxylic acids is 1. The molecule has 0 aliphatic rings. The lowest BCUT2D eigenvalue weighted by Gasteiger charge is -2.13. The highest BCUT2D eigenvalue weighted by Gasteiger charge is 2.18. The SMILES string of the molecule is Cc1nc(S[C@H](C)C(=O)Nc2ccccc2F)nc(C)c1C. The van der Waals surface area contributed by atoms with Crippen molar-refractivity contribution in [3.63, 3.8) is 0 Å². The lowest BCUT2D eigenvalue weighted by atomic mass is 10.2. The summed E-state index contributed by atoms with van der Waals surface area (Å²) in [6, 6.07) is 6.09. The molecule has 0 saturated carbocycles. The number of carbonyl (C=O) groups is 1. The molecular weight excluding hydrogens is 301 g/mol. The Balaban J connectivity index is 2.07. The summed E-state index contributed by atoms with van der Waals surface area (Å²) in [6.07, 6.45) is 0. The van der Waals surface area contributed by atoms with Crippen LogP contribution in [0.5, 0.6) is 0 Å². The van der Waals surface area contributed by atoms with Crippen LogP contribution >= 0.6 is 11.8 Å². The van der Waals surface area contributed by atoms with Crippen LogP contribution in [-0.4, -0.2) is 21.1 Å². The predicted octanol–water partition coefficient (Wildman–Crippen LogP) is 3.66. The topological polar surface area (TPSA) is 54.9 Å². The van der Waals surface area contributed by atoms with Crippen LogP contribution in [0.15, 0.2) is 29.4 Å². The third-order valence-electron chi connectivity index (χ3n) is 3.40. The molecule has 0 aliphatic heterocycles. The van der Waals surface area contributed by atoms with Crippen LogP contribution in [0.25, 0.3) is 0 Å². The molecule has 1 heterocycles. The molecule has 0 spiro atoms. The monoisotopic (exact) mass is 319 g/mol. The van der Waals surface area contributed by atoms with Crippen molar-refractivity contribution in [3.05, 3.63) is 47.0 Å². The maximum atomic E-state index is 13.5. The summed E-state index contributed by atoms with van der Waals surface area (Å²) in [5.41, 5.74) is 3.03. The number of para-hydroxylation sites is 1. The molecule has 4 nitrogen and oxygen atoms in total. The molecule has 1 aromatic heterocycles. The number of halogens is 1. The van der Waals surface area contributed by atoms with Crippen molar-refractivity contribution >= 4 is 23.4 Å². The van der Waals surface area contributed by atoms with Gasteiger partial charge in [-0.1, -0.05) is 23.9 Å². The standard InChI is InChI=1S/C16H18FN3OS/c1-9-10(2)18-16(19-11(9)3)22-12(4)15(21)20-14-8-6-5-7-13(14)17/h5-8,12H,1-4H3,(H,20,21)/t12-/m1/s1. The molecule has 1 aromatic carbocycles. The predicted molar refractivity (Wildman–Crippen MR) is 86.6 cm³/mol. The van der Waals surface area contributed by atoms with E-state index in [0.29, 0.717) is 5.16 Å². The van der Waals surface area contributed by atoms with E-state index in [1.807, 2.05) is 20.8 Å². The zero-order valence-corrected chi connectivity index (χ0v) is 13.8. The summed E-state index contributed by atoms with van der Waals surface area (Å²) < 4.78 is 13.5. The summed E-state index contributed by atoms with van der Waals surface area (Å²) in [7, 11) is 0. The number of hydrogen-bond donors (Lipinski definition) is 1. The van der Waals surface area contributed by atoms with Gasteiger partial charge in [-0.2, -0.15) is 0 Å². The normalized spacial score (nSPS) is 12.0. The van der Waals surface area contributed by atoms with Crippen LogP contribution in [0.4, 0.5) is 10.1 Å². The van der Waals surface area contributed by atoms with Gasteiger partial charge in [-0.05, 0) is 45.4 Å². The Kier molecular flexibility index (Phi) is 5.13. The number of anilines is 1. The highest BCUT2D eigenvalue weighted by atomic mass is 32.2. The Morgan fingerprint density at radius 2 is 1.77 bits per heavy atom. The molecule has 0 unspecified atom stereocenters. The third-order valence-corrected chi connectivity index (χ3v) is 4.36. The first kappa shape index (κ1) is 16.4. The van der Waals surface area contributed by atoms with E-state index in [1.165, 1.54) is 23.9 Å². The fourth-order valence-electron chi connectivity index (χ4n) is 1.80. The van der Waals surface area contributed by atoms with E-state index >= 15 is 0 Å². The van der Waals surface area contributed by atoms with Gasteiger partial charge in [-0.25, -0.2) is 14.4 Å². The van der Waals surface area contributed by atoms with Gasteiger partial charge < -0.3 is 5.32 Å². The number of aromatic nitrogens is 2. The molecule has 22 heavy (non-hydrogen) atoms. The Labute approximate surface area is 133 Å². The van der Waals surface area contributed by atoms with Gasteiger partial charge in [0.1, 0.15) is 5.82 Å². The van der Waals surface area contributed by atoms with Crippen LogP contribution < -0.4 is 5.32 Å². The molecule has 0 radical (unpaired) electrons. The summed E-state index contributed by atoms with van der Waals surface area (Å²) in [5, 5.41) is 2.70. The number of thioether (sulfide) groups is 1. The number of nitrogens with zero attached hydrogens (tertiary/aromatic N) is 2. The average Bonchev–Trinajstić information content (AvgIpc) is 2.47. The van der Waals surface area contributed by atoms with E-state index in [1.54, 1.807) is 19.1 Å². The van der Waals surface area contributed by atoms with Crippen LogP contribution in [0.2, 0.25) is 0 Å². The van der Waals surface area contributed by atoms with Crippen molar-refractivity contribution in [2.75, 3.05) is 5.32 Å². The van der Waals surface area contributed by atoms with E-state index < -0.39 is 11.1 Å². The Hall–Kier alpha value is -1.95. The maximum Gasteiger partial charge on any atom is 0.237 e. The number of hydrogen-bond acceptors (Lipinski definition) is 4. The first-order valence-corrected chi connectivity index (χ1v) is 7.80. The first-order valence-electron chi connectivity index (χ1n) is 6.92. The molecule has 1 amide bonds. The van der Waals surface area contributed by atoms with E-state index in [2.05, 4.69) is 15.3 Å². The van der Waals surface area contributed by atoms with Crippen LogP contribution in [0, 0.1) is 26.6 Å². The lowest BCUT2D eigenvalue weighted by Crippen LogP contribution is -2.23. The third kappa shape index (κ3) is 3.82. The van der Waals surface area contributed by atoms with Gasteiger partial charge in [0, 0.05) is 11.4 Å². The maximum absolute atomic E-state index is 13.5. The van der Waals surface area contributed by atoms with E-state index in [-0.39, 0.29) is 11.6 Å². The highest BCUT2D eigenvalue weighted by Crippen LogP contribution is 2.23. The molecule has 1 N–H and O–H groups in total. The Morgan fingerprint density at radius 1 is 1.18 bits per heavy atom.